The zero-order valence-corrected chi connectivity index (χ0v) is 12.7. The van der Waals surface area contributed by atoms with Crippen molar-refractivity contribution in [1.82, 2.24) is 0 Å². The Balaban J connectivity index is 2.46. The van der Waals surface area contributed by atoms with Gasteiger partial charge >= 0.3 is 119 Å². The molecule has 0 bridgehead atoms. The molecule has 3 N–H and O–H groups in total. The summed E-state index contributed by atoms with van der Waals surface area (Å²) in [5, 5.41) is 0.329. The van der Waals surface area contributed by atoms with Crippen LogP contribution in [0.15, 0.2) is 48.5 Å². The minimum absolute atomic E-state index is 0.164. The summed E-state index contributed by atoms with van der Waals surface area (Å²) >= 11 is 0. The molecule has 0 unspecified atom stereocenters. The van der Waals surface area contributed by atoms with Crippen molar-refractivity contribution in [1.29, 1.82) is 0 Å². The third-order valence-electron chi connectivity index (χ3n) is 3.64. The Hall–Kier alpha value is -1.25. The van der Waals surface area contributed by atoms with Gasteiger partial charge in [0.2, 0.25) is 0 Å². The topological polar surface area (TPSA) is 60.7 Å². The molecule has 2 aromatic carbocycles. The number of benzene rings is 2. The average molecular weight is 292 g/mol. The quantitative estimate of drug-likeness (QED) is 0.756. The molecular weight excluding hydrogens is 271 g/mol. The summed E-state index contributed by atoms with van der Waals surface area (Å²) in [6.07, 6.45) is 1.73. The first-order chi connectivity index (χ1) is 9.35. The van der Waals surface area contributed by atoms with E-state index in [9.17, 15) is 14.7 Å². The molecule has 108 valence electrons. The van der Waals surface area contributed by atoms with Gasteiger partial charge in [0.05, 0.1) is 0 Å². The summed E-state index contributed by atoms with van der Waals surface area (Å²) in [5.74, 6) is 0. The molecule has 0 aliphatic rings. The van der Waals surface area contributed by atoms with E-state index in [1.165, 1.54) is 0 Å². The van der Waals surface area contributed by atoms with Crippen molar-refractivity contribution < 1.29 is 14.7 Å². The van der Waals surface area contributed by atoms with Crippen molar-refractivity contribution in [2.75, 3.05) is 0 Å². The normalized spacial score (nSPS) is 13.8. The van der Waals surface area contributed by atoms with E-state index in [0.717, 1.165) is 24.0 Å². The maximum atomic E-state index is 10.5. The molecule has 0 aromatic heterocycles. The van der Waals surface area contributed by atoms with Crippen LogP contribution in [-0.4, -0.2) is 14.7 Å². The van der Waals surface area contributed by atoms with E-state index < -0.39 is 7.28 Å². The molecule has 4 heteroatoms. The van der Waals surface area contributed by atoms with Gasteiger partial charge in [-0.15, -0.1) is 0 Å². The van der Waals surface area contributed by atoms with Crippen molar-refractivity contribution in [3.05, 3.63) is 59.7 Å². The summed E-state index contributed by atoms with van der Waals surface area (Å²) < 4.78 is 0. The molecule has 0 aliphatic heterocycles. The Morgan fingerprint density at radius 1 is 0.650 bits per heavy atom. The SMILES string of the molecule is CCc1ccc(P(O)(O)(O)c2ccc(CC)cc2)cc1. The van der Waals surface area contributed by atoms with Crippen LogP contribution < -0.4 is 10.6 Å². The average Bonchev–Trinajstić information content (AvgIpc) is 2.47. The van der Waals surface area contributed by atoms with Gasteiger partial charge in [-0.3, -0.25) is 0 Å². The minimum atomic E-state index is -5.01. The van der Waals surface area contributed by atoms with Crippen LogP contribution in [0.25, 0.3) is 0 Å². The molecular formula is C16H21O3P. The predicted octanol–water partition coefficient (Wildman–Crippen LogP) is 2.04. The van der Waals surface area contributed by atoms with Crippen LogP contribution in [0, 0.1) is 0 Å². The zero-order valence-electron chi connectivity index (χ0n) is 11.8. The molecule has 0 amide bonds. The predicted molar refractivity (Wildman–Crippen MR) is 84.5 cm³/mol. The molecule has 2 aromatic rings. The van der Waals surface area contributed by atoms with Crippen molar-refractivity contribution in [3.63, 3.8) is 0 Å². The van der Waals surface area contributed by atoms with E-state index in [1.54, 1.807) is 48.5 Å². The summed E-state index contributed by atoms with van der Waals surface area (Å²) in [4.78, 5) is 31.5. The second-order valence-corrected chi connectivity index (χ2v) is 8.01. The van der Waals surface area contributed by atoms with E-state index in [2.05, 4.69) is 0 Å². The molecule has 0 atom stereocenters. The van der Waals surface area contributed by atoms with Gasteiger partial charge in [-0.05, 0) is 0 Å². The van der Waals surface area contributed by atoms with Crippen molar-refractivity contribution in [3.8, 4) is 0 Å². The molecule has 0 heterocycles. The van der Waals surface area contributed by atoms with Gasteiger partial charge in [0, 0.05) is 0 Å². The Labute approximate surface area is 119 Å². The molecule has 20 heavy (non-hydrogen) atoms. The third kappa shape index (κ3) is 2.77. The van der Waals surface area contributed by atoms with Gasteiger partial charge in [0.15, 0.2) is 0 Å². The maximum absolute atomic E-state index is 10.5. The molecule has 0 saturated heterocycles. The first kappa shape index (κ1) is 15.1. The van der Waals surface area contributed by atoms with Crippen LogP contribution in [0.4, 0.5) is 0 Å². The zero-order chi connectivity index (χ0) is 14.8. The molecule has 3 nitrogen and oxygen atoms in total. The van der Waals surface area contributed by atoms with Crippen LogP contribution in [0.5, 0.6) is 0 Å². The second kappa shape index (κ2) is 5.27. The van der Waals surface area contributed by atoms with Gasteiger partial charge in [-0.25, -0.2) is 0 Å². The Morgan fingerprint density at radius 3 is 1.20 bits per heavy atom. The van der Waals surface area contributed by atoms with Gasteiger partial charge in [-0.1, -0.05) is 0 Å². The Morgan fingerprint density at radius 2 is 0.950 bits per heavy atom. The fourth-order valence-electron chi connectivity index (χ4n) is 2.16. The van der Waals surface area contributed by atoms with Gasteiger partial charge in [-0.2, -0.15) is 0 Å². The molecule has 0 saturated carbocycles. The van der Waals surface area contributed by atoms with Crippen LogP contribution in [0.2, 0.25) is 0 Å². The van der Waals surface area contributed by atoms with Crippen LogP contribution in [0.3, 0.4) is 0 Å². The Kier molecular flexibility index (Phi) is 3.99. The number of hydrogen-bond donors (Lipinski definition) is 3. The van der Waals surface area contributed by atoms with Crippen molar-refractivity contribution in [2.24, 2.45) is 0 Å². The Bertz CT molecular complexity index is 528. The number of rotatable bonds is 4. The van der Waals surface area contributed by atoms with E-state index in [1.807, 2.05) is 13.8 Å². The third-order valence-corrected chi connectivity index (χ3v) is 6.14. The summed E-state index contributed by atoms with van der Waals surface area (Å²) in [7, 11) is -5.01. The van der Waals surface area contributed by atoms with E-state index >= 15 is 0 Å². The molecule has 0 fully saturated rings. The molecule has 0 spiro atoms. The van der Waals surface area contributed by atoms with Crippen LogP contribution in [-0.2, 0) is 12.8 Å². The van der Waals surface area contributed by atoms with Crippen LogP contribution in [0.1, 0.15) is 25.0 Å². The second-order valence-electron chi connectivity index (χ2n) is 5.02. The van der Waals surface area contributed by atoms with Gasteiger partial charge in [0.25, 0.3) is 0 Å². The van der Waals surface area contributed by atoms with E-state index in [-0.39, 0.29) is 10.6 Å². The summed E-state index contributed by atoms with van der Waals surface area (Å²) in [6.45, 7) is 4.05. The standard InChI is InChI=1S/C16H21O3P/c1-3-13-5-9-15(10-6-13)20(17,18,19)16-11-7-14(4-2)8-12-16/h5-12,17-19H,3-4H2,1-2H3. The van der Waals surface area contributed by atoms with Crippen LogP contribution >= 0.6 is 7.28 Å². The van der Waals surface area contributed by atoms with Crippen molar-refractivity contribution >= 4 is 17.9 Å². The number of hydrogen-bond acceptors (Lipinski definition) is 3. The summed E-state index contributed by atoms with van der Waals surface area (Å²) in [6, 6.07) is 13.6. The van der Waals surface area contributed by atoms with Crippen molar-refractivity contribution in [2.45, 2.75) is 26.7 Å². The van der Waals surface area contributed by atoms with Gasteiger partial charge < -0.3 is 0 Å². The molecule has 0 radical (unpaired) electrons. The fraction of sp³-hybridized carbons (Fsp3) is 0.250. The van der Waals surface area contributed by atoms with E-state index in [4.69, 9.17) is 0 Å². The first-order valence-corrected chi connectivity index (χ1v) is 8.91. The van der Waals surface area contributed by atoms with Gasteiger partial charge in [0.1, 0.15) is 0 Å². The monoisotopic (exact) mass is 292 g/mol. The first-order valence-electron chi connectivity index (χ1n) is 6.81. The fourth-order valence-corrected chi connectivity index (χ4v) is 3.86. The summed E-state index contributed by atoms with van der Waals surface area (Å²) in [5.41, 5.74) is 2.17. The number of aryl methyl sites for hydroxylation is 2. The molecule has 2 rings (SSSR count). The molecule has 0 aliphatic carbocycles. The van der Waals surface area contributed by atoms with E-state index in [0.29, 0.717) is 0 Å².